The second-order valence-corrected chi connectivity index (χ2v) is 4.20. The van der Waals surface area contributed by atoms with Gasteiger partial charge in [0.2, 0.25) is 0 Å². The van der Waals surface area contributed by atoms with Gasteiger partial charge in [-0.15, -0.1) is 0 Å². The van der Waals surface area contributed by atoms with Crippen molar-refractivity contribution in [2.75, 3.05) is 6.61 Å². The van der Waals surface area contributed by atoms with Crippen molar-refractivity contribution in [3.63, 3.8) is 0 Å². The van der Waals surface area contributed by atoms with E-state index in [1.54, 1.807) is 0 Å². The van der Waals surface area contributed by atoms with Crippen molar-refractivity contribution in [2.24, 2.45) is 0 Å². The average molecular weight is 237 g/mol. The third-order valence-electron chi connectivity index (χ3n) is 2.92. The SMILES string of the molecule is O=C(O)c1ccn(CC2CCCCO2)c(=O)c1. The molecule has 1 atom stereocenters. The first kappa shape index (κ1) is 11.9. The van der Waals surface area contributed by atoms with E-state index in [0.29, 0.717) is 6.54 Å². The highest BCUT2D eigenvalue weighted by Crippen LogP contribution is 2.13. The van der Waals surface area contributed by atoms with E-state index in [9.17, 15) is 9.59 Å². The molecule has 0 bridgehead atoms. The fourth-order valence-corrected chi connectivity index (χ4v) is 1.96. The zero-order valence-electron chi connectivity index (χ0n) is 9.46. The molecule has 1 aliphatic rings. The van der Waals surface area contributed by atoms with Crippen LogP contribution in [0.5, 0.6) is 0 Å². The van der Waals surface area contributed by atoms with Crippen molar-refractivity contribution in [2.45, 2.75) is 31.9 Å². The van der Waals surface area contributed by atoms with Crippen molar-refractivity contribution in [3.05, 3.63) is 34.2 Å². The molecule has 1 unspecified atom stereocenters. The molecule has 1 saturated heterocycles. The van der Waals surface area contributed by atoms with Crippen LogP contribution in [0.2, 0.25) is 0 Å². The van der Waals surface area contributed by atoms with Crippen LogP contribution in [0, 0.1) is 0 Å². The van der Waals surface area contributed by atoms with E-state index in [1.807, 2.05) is 0 Å². The normalized spacial score (nSPS) is 20.1. The van der Waals surface area contributed by atoms with E-state index >= 15 is 0 Å². The maximum absolute atomic E-state index is 11.7. The van der Waals surface area contributed by atoms with E-state index in [0.717, 1.165) is 31.9 Å². The minimum atomic E-state index is -1.08. The van der Waals surface area contributed by atoms with Gasteiger partial charge in [0.1, 0.15) is 0 Å². The first-order valence-corrected chi connectivity index (χ1v) is 5.72. The molecule has 0 aromatic carbocycles. The Kier molecular flexibility index (Phi) is 3.58. The third-order valence-corrected chi connectivity index (χ3v) is 2.92. The summed E-state index contributed by atoms with van der Waals surface area (Å²) in [6.07, 6.45) is 4.73. The third kappa shape index (κ3) is 2.94. The lowest BCUT2D eigenvalue weighted by Crippen LogP contribution is -2.30. The van der Waals surface area contributed by atoms with Crippen molar-refractivity contribution in [1.29, 1.82) is 0 Å². The van der Waals surface area contributed by atoms with Gasteiger partial charge < -0.3 is 14.4 Å². The first-order valence-electron chi connectivity index (χ1n) is 5.72. The van der Waals surface area contributed by atoms with Gasteiger partial charge >= 0.3 is 5.97 Å². The highest BCUT2D eigenvalue weighted by molar-refractivity contribution is 5.87. The van der Waals surface area contributed by atoms with E-state index in [1.165, 1.54) is 16.8 Å². The molecule has 2 heterocycles. The molecule has 17 heavy (non-hydrogen) atoms. The van der Waals surface area contributed by atoms with Gasteiger partial charge in [-0.3, -0.25) is 4.79 Å². The maximum Gasteiger partial charge on any atom is 0.335 e. The molecular formula is C12H15NO4. The van der Waals surface area contributed by atoms with Crippen LogP contribution in [0.25, 0.3) is 0 Å². The van der Waals surface area contributed by atoms with Crippen LogP contribution in [0.4, 0.5) is 0 Å². The van der Waals surface area contributed by atoms with Crippen LogP contribution >= 0.6 is 0 Å². The van der Waals surface area contributed by atoms with Crippen LogP contribution in [0.15, 0.2) is 23.1 Å². The summed E-state index contributed by atoms with van der Waals surface area (Å²) in [6, 6.07) is 2.58. The number of carboxylic acid groups (broad SMARTS) is 1. The molecular weight excluding hydrogens is 222 g/mol. The fraction of sp³-hybridized carbons (Fsp3) is 0.500. The van der Waals surface area contributed by atoms with E-state index in [4.69, 9.17) is 9.84 Å². The number of nitrogens with zero attached hydrogens (tertiary/aromatic N) is 1. The van der Waals surface area contributed by atoms with Gasteiger partial charge in [0.25, 0.3) is 5.56 Å². The number of hydrogen-bond donors (Lipinski definition) is 1. The van der Waals surface area contributed by atoms with Crippen molar-refractivity contribution < 1.29 is 14.6 Å². The van der Waals surface area contributed by atoms with Crippen LogP contribution in [0.3, 0.4) is 0 Å². The summed E-state index contributed by atoms with van der Waals surface area (Å²) in [6.45, 7) is 1.24. The number of rotatable bonds is 3. The standard InChI is InChI=1S/C12H15NO4/c14-11-7-9(12(15)16)4-5-13(11)8-10-3-1-2-6-17-10/h4-5,7,10H,1-3,6,8H2,(H,15,16). The Morgan fingerprint density at radius 1 is 1.53 bits per heavy atom. The molecule has 1 aromatic rings. The number of carboxylic acids is 1. The maximum atomic E-state index is 11.7. The molecule has 0 spiro atoms. The summed E-state index contributed by atoms with van der Waals surface area (Å²) in [5, 5.41) is 8.75. The zero-order valence-corrected chi connectivity index (χ0v) is 9.46. The summed E-state index contributed by atoms with van der Waals surface area (Å²) in [5.74, 6) is -1.08. The number of aromatic nitrogens is 1. The van der Waals surface area contributed by atoms with Gasteiger partial charge in [0.05, 0.1) is 18.2 Å². The summed E-state index contributed by atoms with van der Waals surface area (Å²) >= 11 is 0. The number of pyridine rings is 1. The molecule has 5 heteroatoms. The van der Waals surface area contributed by atoms with Crippen LogP contribution in [-0.4, -0.2) is 28.4 Å². The monoisotopic (exact) mass is 237 g/mol. The summed E-state index contributed by atoms with van der Waals surface area (Å²) < 4.78 is 7.04. The smallest absolute Gasteiger partial charge is 0.335 e. The Bertz CT molecular complexity index is 460. The summed E-state index contributed by atoms with van der Waals surface area (Å²) in [4.78, 5) is 22.3. The van der Waals surface area contributed by atoms with Crippen molar-refractivity contribution >= 4 is 5.97 Å². The molecule has 1 N–H and O–H groups in total. The number of ether oxygens (including phenoxy) is 1. The van der Waals surface area contributed by atoms with Gasteiger partial charge in [0, 0.05) is 18.9 Å². The summed E-state index contributed by atoms with van der Waals surface area (Å²) in [7, 11) is 0. The highest BCUT2D eigenvalue weighted by atomic mass is 16.5. The molecule has 2 rings (SSSR count). The molecule has 92 valence electrons. The Morgan fingerprint density at radius 3 is 2.94 bits per heavy atom. The van der Waals surface area contributed by atoms with E-state index in [2.05, 4.69) is 0 Å². The molecule has 0 saturated carbocycles. The van der Waals surface area contributed by atoms with Crippen LogP contribution < -0.4 is 5.56 Å². The van der Waals surface area contributed by atoms with Crippen LogP contribution in [-0.2, 0) is 11.3 Å². The van der Waals surface area contributed by atoms with Crippen molar-refractivity contribution in [1.82, 2.24) is 4.57 Å². The second kappa shape index (κ2) is 5.14. The first-order chi connectivity index (χ1) is 8.16. The van der Waals surface area contributed by atoms with Crippen molar-refractivity contribution in [3.8, 4) is 0 Å². The Balaban J connectivity index is 2.11. The molecule has 1 aliphatic heterocycles. The molecule has 0 aliphatic carbocycles. The lowest BCUT2D eigenvalue weighted by atomic mass is 10.1. The van der Waals surface area contributed by atoms with Gasteiger partial charge in [-0.05, 0) is 25.3 Å². The largest absolute Gasteiger partial charge is 0.478 e. The lowest BCUT2D eigenvalue weighted by molar-refractivity contribution is 0.00542. The predicted molar refractivity (Wildman–Crippen MR) is 61.3 cm³/mol. The number of hydrogen-bond acceptors (Lipinski definition) is 3. The lowest BCUT2D eigenvalue weighted by Gasteiger charge is -2.23. The molecule has 5 nitrogen and oxygen atoms in total. The molecule has 0 amide bonds. The topological polar surface area (TPSA) is 68.5 Å². The molecule has 1 aromatic heterocycles. The summed E-state index contributed by atoms with van der Waals surface area (Å²) in [5.41, 5.74) is -0.269. The van der Waals surface area contributed by atoms with Gasteiger partial charge in [-0.25, -0.2) is 4.79 Å². The second-order valence-electron chi connectivity index (χ2n) is 4.20. The minimum Gasteiger partial charge on any atom is -0.478 e. The Morgan fingerprint density at radius 2 is 2.35 bits per heavy atom. The number of carbonyl (C=O) groups is 1. The van der Waals surface area contributed by atoms with E-state index in [-0.39, 0.29) is 17.2 Å². The van der Waals surface area contributed by atoms with Gasteiger partial charge in [-0.2, -0.15) is 0 Å². The predicted octanol–water partition coefficient (Wildman–Crippen LogP) is 1.12. The highest BCUT2D eigenvalue weighted by Gasteiger charge is 2.15. The molecule has 0 radical (unpaired) electrons. The Labute approximate surface area is 98.6 Å². The van der Waals surface area contributed by atoms with E-state index < -0.39 is 5.97 Å². The van der Waals surface area contributed by atoms with Gasteiger partial charge in [-0.1, -0.05) is 0 Å². The van der Waals surface area contributed by atoms with Crippen LogP contribution in [0.1, 0.15) is 29.6 Å². The van der Waals surface area contributed by atoms with Gasteiger partial charge in [0.15, 0.2) is 0 Å². The number of aromatic carboxylic acids is 1. The Hall–Kier alpha value is -1.62. The molecule has 1 fully saturated rings. The fourth-order valence-electron chi connectivity index (χ4n) is 1.96. The zero-order chi connectivity index (χ0) is 12.3. The average Bonchev–Trinajstić information content (AvgIpc) is 2.33. The minimum absolute atomic E-state index is 0.0239. The quantitative estimate of drug-likeness (QED) is 0.855.